The number of aliphatic hydroxyl groups excluding tert-OH is 1. The minimum absolute atomic E-state index is 0.328. The number of nitrogens with zero attached hydrogens (tertiary/aromatic N) is 2. The zero-order valence-corrected chi connectivity index (χ0v) is 14.3. The number of rotatable bonds is 7. The lowest BCUT2D eigenvalue weighted by Gasteiger charge is -2.30. The Morgan fingerprint density at radius 1 is 1.25 bits per heavy atom. The third-order valence-electron chi connectivity index (χ3n) is 4.07. The largest absolute Gasteiger partial charge is 0.468 e. The van der Waals surface area contributed by atoms with Crippen LogP contribution in [0.25, 0.3) is 0 Å². The van der Waals surface area contributed by atoms with E-state index in [-0.39, 0.29) is 5.97 Å². The summed E-state index contributed by atoms with van der Waals surface area (Å²) >= 11 is 0. The van der Waals surface area contributed by atoms with E-state index in [0.717, 1.165) is 16.7 Å². The number of carbonyl (C=O) groups excluding carboxylic acids is 1. The first kappa shape index (κ1) is 18.1. The fraction of sp³-hybridized carbons (Fsp3) is 0.368. The summed E-state index contributed by atoms with van der Waals surface area (Å²) < 4.78 is 4.96. The summed E-state index contributed by atoms with van der Waals surface area (Å²) in [5, 5.41) is 10.6. The maximum atomic E-state index is 12.3. The van der Waals surface area contributed by atoms with Crippen LogP contribution in [0.2, 0.25) is 0 Å². The van der Waals surface area contributed by atoms with E-state index in [1.807, 2.05) is 49.1 Å². The summed E-state index contributed by atoms with van der Waals surface area (Å²) in [4.78, 5) is 18.3. The van der Waals surface area contributed by atoms with Crippen molar-refractivity contribution in [1.29, 1.82) is 0 Å². The predicted molar refractivity (Wildman–Crippen MR) is 92.4 cm³/mol. The van der Waals surface area contributed by atoms with Crippen molar-refractivity contribution < 1.29 is 14.6 Å². The maximum absolute atomic E-state index is 12.3. The number of pyridine rings is 1. The van der Waals surface area contributed by atoms with Crippen LogP contribution in [0.15, 0.2) is 48.8 Å². The van der Waals surface area contributed by atoms with Crippen LogP contribution in [0.5, 0.6) is 0 Å². The molecule has 0 aliphatic heterocycles. The van der Waals surface area contributed by atoms with E-state index in [0.29, 0.717) is 13.1 Å². The molecule has 2 rings (SSSR count). The molecular formula is C19H24N2O3. The molecule has 0 fully saturated rings. The Kier molecular flexibility index (Phi) is 6.46. The second-order valence-electron chi connectivity index (χ2n) is 5.73. The number of aromatic nitrogens is 1. The molecular weight excluding hydrogens is 304 g/mol. The normalized spacial score (nSPS) is 13.5. The monoisotopic (exact) mass is 328 g/mol. The molecule has 0 bridgehead atoms. The number of hydrogen-bond acceptors (Lipinski definition) is 5. The molecule has 128 valence electrons. The topological polar surface area (TPSA) is 62.7 Å². The lowest BCUT2D eigenvalue weighted by molar-refractivity contribution is -0.147. The number of aliphatic hydroxyl groups is 1. The van der Waals surface area contributed by atoms with E-state index in [4.69, 9.17) is 4.74 Å². The number of likely N-dealkylation sites (N-methyl/N-ethyl adjacent to an activating group) is 1. The van der Waals surface area contributed by atoms with Crippen molar-refractivity contribution in [3.63, 3.8) is 0 Å². The van der Waals surface area contributed by atoms with Crippen molar-refractivity contribution in [3.8, 4) is 0 Å². The van der Waals surface area contributed by atoms with Crippen LogP contribution in [0.4, 0.5) is 0 Å². The molecule has 0 saturated carbocycles. The number of carbonyl (C=O) groups is 1. The molecule has 0 spiro atoms. The minimum atomic E-state index is -0.686. The van der Waals surface area contributed by atoms with Crippen molar-refractivity contribution in [2.75, 3.05) is 20.2 Å². The molecule has 1 aromatic carbocycles. The summed E-state index contributed by atoms with van der Waals surface area (Å²) in [5.74, 6) is -0.360. The van der Waals surface area contributed by atoms with Crippen molar-refractivity contribution in [2.24, 2.45) is 0 Å². The SMILES string of the molecule is CCN(CC(O)c1ccc(C)cc1)C(C(=O)OC)c1cccnc1. The molecule has 2 unspecified atom stereocenters. The van der Waals surface area contributed by atoms with Gasteiger partial charge in [-0.05, 0) is 30.7 Å². The van der Waals surface area contributed by atoms with E-state index < -0.39 is 12.1 Å². The van der Waals surface area contributed by atoms with Crippen LogP contribution in [-0.2, 0) is 9.53 Å². The Balaban J connectivity index is 2.22. The van der Waals surface area contributed by atoms with Crippen LogP contribution in [-0.4, -0.2) is 41.2 Å². The van der Waals surface area contributed by atoms with Crippen molar-refractivity contribution in [2.45, 2.75) is 26.0 Å². The molecule has 1 aromatic heterocycles. The summed E-state index contributed by atoms with van der Waals surface area (Å²) in [5.41, 5.74) is 2.72. The minimum Gasteiger partial charge on any atom is -0.468 e. The zero-order chi connectivity index (χ0) is 17.5. The van der Waals surface area contributed by atoms with Crippen molar-refractivity contribution >= 4 is 5.97 Å². The maximum Gasteiger partial charge on any atom is 0.327 e. The highest BCUT2D eigenvalue weighted by molar-refractivity contribution is 5.77. The molecule has 1 N–H and O–H groups in total. The molecule has 1 heterocycles. The Morgan fingerprint density at radius 3 is 2.50 bits per heavy atom. The number of aryl methyl sites for hydroxylation is 1. The van der Waals surface area contributed by atoms with E-state index >= 15 is 0 Å². The number of hydrogen-bond donors (Lipinski definition) is 1. The van der Waals surface area contributed by atoms with Gasteiger partial charge in [-0.25, -0.2) is 4.79 Å². The van der Waals surface area contributed by atoms with Crippen molar-refractivity contribution in [1.82, 2.24) is 9.88 Å². The average molecular weight is 328 g/mol. The smallest absolute Gasteiger partial charge is 0.327 e. The number of ether oxygens (including phenoxy) is 1. The summed E-state index contributed by atoms with van der Waals surface area (Å²) in [6, 6.07) is 10.8. The van der Waals surface area contributed by atoms with Crippen LogP contribution in [0.3, 0.4) is 0 Å². The second-order valence-corrected chi connectivity index (χ2v) is 5.73. The third kappa shape index (κ3) is 4.40. The van der Waals surface area contributed by atoms with Gasteiger partial charge < -0.3 is 9.84 Å². The third-order valence-corrected chi connectivity index (χ3v) is 4.07. The Bertz CT molecular complexity index is 643. The highest BCUT2D eigenvalue weighted by atomic mass is 16.5. The molecule has 5 nitrogen and oxygen atoms in total. The first-order valence-electron chi connectivity index (χ1n) is 8.03. The van der Waals surface area contributed by atoms with Crippen LogP contribution < -0.4 is 0 Å². The fourth-order valence-electron chi connectivity index (χ4n) is 2.68. The molecule has 0 radical (unpaired) electrons. The predicted octanol–water partition coefficient (Wildman–Crippen LogP) is 2.66. The van der Waals surface area contributed by atoms with Gasteiger partial charge >= 0.3 is 5.97 Å². The highest BCUT2D eigenvalue weighted by Crippen LogP contribution is 2.25. The Hall–Kier alpha value is -2.24. The van der Waals surface area contributed by atoms with Gasteiger partial charge in [-0.3, -0.25) is 9.88 Å². The van der Waals surface area contributed by atoms with Crippen LogP contribution in [0, 0.1) is 6.92 Å². The zero-order valence-electron chi connectivity index (χ0n) is 14.3. The van der Waals surface area contributed by atoms with Gasteiger partial charge in [0.15, 0.2) is 0 Å². The van der Waals surface area contributed by atoms with Gasteiger partial charge in [0.1, 0.15) is 6.04 Å². The van der Waals surface area contributed by atoms with Gasteiger partial charge in [0, 0.05) is 18.9 Å². The molecule has 2 aromatic rings. The van der Waals surface area contributed by atoms with E-state index in [1.54, 1.807) is 18.5 Å². The molecule has 24 heavy (non-hydrogen) atoms. The molecule has 2 atom stereocenters. The average Bonchev–Trinajstić information content (AvgIpc) is 2.62. The van der Waals surface area contributed by atoms with Gasteiger partial charge in [-0.1, -0.05) is 42.8 Å². The van der Waals surface area contributed by atoms with E-state index in [2.05, 4.69) is 4.98 Å². The van der Waals surface area contributed by atoms with Crippen LogP contribution >= 0.6 is 0 Å². The number of esters is 1. The standard InChI is InChI=1S/C19H24N2O3/c1-4-21(13-17(22)15-9-7-14(2)8-10-15)18(19(23)24-3)16-6-5-11-20-12-16/h5-12,17-18,22H,4,13H2,1-3H3. The number of methoxy groups -OCH3 is 1. The molecule has 0 aliphatic rings. The second kappa shape index (κ2) is 8.57. The van der Waals surface area contributed by atoms with Gasteiger partial charge in [-0.2, -0.15) is 0 Å². The van der Waals surface area contributed by atoms with Gasteiger partial charge in [0.05, 0.1) is 13.2 Å². The van der Waals surface area contributed by atoms with Gasteiger partial charge in [0.2, 0.25) is 0 Å². The molecule has 0 amide bonds. The summed E-state index contributed by atoms with van der Waals surface area (Å²) in [7, 11) is 1.37. The lowest BCUT2D eigenvalue weighted by atomic mass is 10.0. The van der Waals surface area contributed by atoms with Gasteiger partial charge in [0.25, 0.3) is 0 Å². The quantitative estimate of drug-likeness (QED) is 0.792. The highest BCUT2D eigenvalue weighted by Gasteiger charge is 2.29. The molecule has 5 heteroatoms. The van der Waals surface area contributed by atoms with E-state index in [1.165, 1.54) is 7.11 Å². The first-order chi connectivity index (χ1) is 11.6. The van der Waals surface area contributed by atoms with Crippen LogP contribution in [0.1, 0.15) is 35.8 Å². The molecule has 0 saturated heterocycles. The summed E-state index contributed by atoms with van der Waals surface area (Å²) in [6.07, 6.45) is 2.63. The Labute approximate surface area is 142 Å². The summed E-state index contributed by atoms with van der Waals surface area (Å²) in [6.45, 7) is 4.88. The lowest BCUT2D eigenvalue weighted by Crippen LogP contribution is -2.37. The molecule has 0 aliphatic carbocycles. The Morgan fingerprint density at radius 2 is 1.96 bits per heavy atom. The van der Waals surface area contributed by atoms with E-state index in [9.17, 15) is 9.90 Å². The van der Waals surface area contributed by atoms with Gasteiger partial charge in [-0.15, -0.1) is 0 Å². The first-order valence-corrected chi connectivity index (χ1v) is 8.03. The fourth-order valence-corrected chi connectivity index (χ4v) is 2.68. The number of benzene rings is 1. The van der Waals surface area contributed by atoms with Crippen molar-refractivity contribution in [3.05, 3.63) is 65.5 Å².